The van der Waals surface area contributed by atoms with E-state index in [1.807, 2.05) is 12.1 Å². The number of halogens is 1. The molecule has 0 bridgehead atoms. The molecule has 1 saturated heterocycles. The van der Waals surface area contributed by atoms with Crippen LogP contribution in [0, 0.1) is 0 Å². The van der Waals surface area contributed by atoms with Crippen molar-refractivity contribution in [2.45, 2.75) is 18.8 Å². The number of nitrogens with zero attached hydrogens (tertiary/aromatic N) is 1. The number of hydrogen-bond donors (Lipinski definition) is 4. The van der Waals surface area contributed by atoms with E-state index in [4.69, 9.17) is 5.73 Å². The molecule has 0 saturated carbocycles. The van der Waals surface area contributed by atoms with Crippen LogP contribution < -0.4 is 16.4 Å². The molecule has 0 aliphatic carbocycles. The van der Waals surface area contributed by atoms with Gasteiger partial charge in [0.05, 0.1) is 11.3 Å². The largest absolute Gasteiger partial charge is 0.507 e. The molecule has 1 atom stereocenters. The van der Waals surface area contributed by atoms with Gasteiger partial charge in [0.15, 0.2) is 0 Å². The van der Waals surface area contributed by atoms with Crippen LogP contribution in [0.5, 0.6) is 5.75 Å². The first-order chi connectivity index (χ1) is 11.6. The number of benzene rings is 1. The van der Waals surface area contributed by atoms with E-state index in [0.29, 0.717) is 16.8 Å². The highest BCUT2D eigenvalue weighted by Crippen LogP contribution is 2.34. The third kappa shape index (κ3) is 3.86. The second-order valence-corrected chi connectivity index (χ2v) is 6.00. The van der Waals surface area contributed by atoms with Crippen molar-refractivity contribution in [2.24, 2.45) is 0 Å². The summed E-state index contributed by atoms with van der Waals surface area (Å²) in [5.74, 6) is 0.297. The summed E-state index contributed by atoms with van der Waals surface area (Å²) < 4.78 is 0. The lowest BCUT2D eigenvalue weighted by Crippen LogP contribution is -2.31. The van der Waals surface area contributed by atoms with E-state index in [0.717, 1.165) is 31.5 Å². The van der Waals surface area contributed by atoms with Crippen molar-refractivity contribution in [3.63, 3.8) is 0 Å². The van der Waals surface area contributed by atoms with E-state index in [9.17, 15) is 9.90 Å². The molecule has 0 spiro atoms. The molecule has 6 nitrogen and oxygen atoms in total. The number of phenolic OH excluding ortho intramolecular Hbond substituents is 1. The van der Waals surface area contributed by atoms with Gasteiger partial charge in [-0.2, -0.15) is 0 Å². The van der Waals surface area contributed by atoms with Gasteiger partial charge in [-0.15, -0.1) is 12.4 Å². The number of nitrogen functional groups attached to an aromatic ring is 1. The normalized spacial score (nSPS) is 16.8. The second kappa shape index (κ2) is 8.18. The third-order valence-electron chi connectivity index (χ3n) is 4.45. The molecule has 1 unspecified atom stereocenters. The van der Waals surface area contributed by atoms with Crippen molar-refractivity contribution in [1.29, 1.82) is 0 Å². The van der Waals surface area contributed by atoms with E-state index in [-0.39, 0.29) is 35.8 Å². The van der Waals surface area contributed by atoms with Gasteiger partial charge < -0.3 is 21.5 Å². The Balaban J connectivity index is 0.00000225. The summed E-state index contributed by atoms with van der Waals surface area (Å²) in [7, 11) is 1.58. The molecule has 1 aliphatic rings. The quantitative estimate of drug-likeness (QED) is 0.671. The summed E-state index contributed by atoms with van der Waals surface area (Å²) in [6, 6.07) is 8.88. The Bertz CT molecular complexity index is 761. The number of aromatic hydroxyl groups is 1. The molecule has 1 fully saturated rings. The van der Waals surface area contributed by atoms with E-state index >= 15 is 0 Å². The topological polar surface area (TPSA) is 100 Å². The minimum absolute atomic E-state index is 0. The minimum Gasteiger partial charge on any atom is -0.507 e. The van der Waals surface area contributed by atoms with Crippen molar-refractivity contribution < 1.29 is 9.90 Å². The fourth-order valence-corrected chi connectivity index (χ4v) is 3.23. The molecule has 25 heavy (non-hydrogen) atoms. The summed E-state index contributed by atoms with van der Waals surface area (Å²) in [4.78, 5) is 16.7. The fourth-order valence-electron chi connectivity index (χ4n) is 3.23. The van der Waals surface area contributed by atoms with Gasteiger partial charge in [-0.1, -0.05) is 12.1 Å². The van der Waals surface area contributed by atoms with Crippen LogP contribution in [0.4, 0.5) is 5.82 Å². The molecule has 7 heteroatoms. The molecular weight excluding hydrogens is 340 g/mol. The fraction of sp³-hybridized carbons (Fsp3) is 0.333. The van der Waals surface area contributed by atoms with Crippen LogP contribution in [0.2, 0.25) is 0 Å². The zero-order valence-electron chi connectivity index (χ0n) is 14.1. The molecule has 2 heterocycles. The second-order valence-electron chi connectivity index (χ2n) is 6.00. The number of carbonyl (C=O) groups is 1. The molecule has 1 amide bonds. The zero-order valence-corrected chi connectivity index (χ0v) is 14.9. The van der Waals surface area contributed by atoms with Gasteiger partial charge in [0.1, 0.15) is 11.6 Å². The first kappa shape index (κ1) is 19.0. The first-order valence-electron chi connectivity index (χ1n) is 8.13. The average molecular weight is 363 g/mol. The number of hydrogen-bond acceptors (Lipinski definition) is 5. The summed E-state index contributed by atoms with van der Waals surface area (Å²) in [5.41, 5.74) is 8.63. The number of carbonyl (C=O) groups excluding carboxylic acids is 1. The number of amides is 1. The maximum absolute atomic E-state index is 12.3. The number of phenols is 1. The molecule has 3 rings (SSSR count). The molecule has 2 aromatic rings. The number of rotatable bonds is 3. The molecule has 1 aromatic heterocycles. The Morgan fingerprint density at radius 2 is 2.16 bits per heavy atom. The number of nitrogens with one attached hydrogen (secondary N) is 2. The van der Waals surface area contributed by atoms with Crippen LogP contribution in [-0.2, 0) is 0 Å². The van der Waals surface area contributed by atoms with Crippen LogP contribution in [0.15, 0.2) is 30.3 Å². The van der Waals surface area contributed by atoms with Gasteiger partial charge in [0, 0.05) is 19.2 Å². The SMILES string of the molecule is CNC(=O)c1c(C2CCCNC2)cc(-c2ccccc2O)nc1N.Cl. The molecule has 0 radical (unpaired) electrons. The highest BCUT2D eigenvalue weighted by molar-refractivity contribution is 6.00. The highest BCUT2D eigenvalue weighted by atomic mass is 35.5. The molecule has 134 valence electrons. The molecule has 5 N–H and O–H groups in total. The number of anilines is 1. The van der Waals surface area contributed by atoms with Crippen LogP contribution in [0.25, 0.3) is 11.3 Å². The van der Waals surface area contributed by atoms with Crippen LogP contribution in [0.1, 0.15) is 34.7 Å². The lowest BCUT2D eigenvalue weighted by atomic mass is 9.87. The third-order valence-corrected chi connectivity index (χ3v) is 4.45. The Labute approximate surface area is 153 Å². The Morgan fingerprint density at radius 1 is 1.40 bits per heavy atom. The Kier molecular flexibility index (Phi) is 6.22. The molecule has 1 aliphatic heterocycles. The minimum atomic E-state index is -0.232. The summed E-state index contributed by atoms with van der Waals surface area (Å²) in [5, 5.41) is 16.1. The predicted molar refractivity (Wildman–Crippen MR) is 101 cm³/mol. The zero-order chi connectivity index (χ0) is 17.1. The van der Waals surface area contributed by atoms with Crippen molar-refractivity contribution in [1.82, 2.24) is 15.6 Å². The lowest BCUT2D eigenvalue weighted by Gasteiger charge is -2.26. The van der Waals surface area contributed by atoms with Gasteiger partial charge in [0.2, 0.25) is 0 Å². The van der Waals surface area contributed by atoms with Crippen molar-refractivity contribution in [3.05, 3.63) is 41.5 Å². The number of para-hydroxylation sites is 1. The summed E-state index contributed by atoms with van der Waals surface area (Å²) >= 11 is 0. The van der Waals surface area contributed by atoms with Crippen molar-refractivity contribution in [3.8, 4) is 17.0 Å². The van der Waals surface area contributed by atoms with Crippen LogP contribution in [0.3, 0.4) is 0 Å². The molecular formula is C18H23ClN4O2. The standard InChI is InChI=1S/C18H22N4O2.ClH/c1-20-18(24)16-13(11-5-4-8-21-10-11)9-14(22-17(16)19)12-6-2-3-7-15(12)23;/h2-3,6-7,9,11,21,23H,4-5,8,10H2,1H3,(H2,19,22)(H,20,24);1H. The number of piperidine rings is 1. The average Bonchev–Trinajstić information content (AvgIpc) is 2.61. The molecule has 1 aromatic carbocycles. The van der Waals surface area contributed by atoms with Crippen molar-refractivity contribution >= 4 is 24.1 Å². The van der Waals surface area contributed by atoms with Gasteiger partial charge in [-0.25, -0.2) is 4.98 Å². The van der Waals surface area contributed by atoms with Crippen LogP contribution in [-0.4, -0.2) is 36.1 Å². The number of nitrogens with two attached hydrogens (primary N) is 1. The number of aromatic nitrogens is 1. The maximum Gasteiger partial charge on any atom is 0.255 e. The summed E-state index contributed by atoms with van der Waals surface area (Å²) in [6.07, 6.45) is 2.03. The van der Waals surface area contributed by atoms with E-state index in [2.05, 4.69) is 15.6 Å². The van der Waals surface area contributed by atoms with Crippen molar-refractivity contribution in [2.75, 3.05) is 25.9 Å². The van der Waals surface area contributed by atoms with E-state index in [1.165, 1.54) is 0 Å². The van der Waals surface area contributed by atoms with Gasteiger partial charge in [-0.3, -0.25) is 4.79 Å². The smallest absolute Gasteiger partial charge is 0.255 e. The maximum atomic E-state index is 12.3. The monoisotopic (exact) mass is 362 g/mol. The van der Waals surface area contributed by atoms with E-state index in [1.54, 1.807) is 25.2 Å². The van der Waals surface area contributed by atoms with Crippen LogP contribution >= 0.6 is 12.4 Å². The first-order valence-corrected chi connectivity index (χ1v) is 8.13. The predicted octanol–water partition coefficient (Wildman–Crippen LogP) is 2.28. The highest BCUT2D eigenvalue weighted by Gasteiger charge is 2.25. The summed E-state index contributed by atoms with van der Waals surface area (Å²) in [6.45, 7) is 1.78. The Hall–Kier alpha value is -2.31. The Morgan fingerprint density at radius 3 is 2.80 bits per heavy atom. The number of pyridine rings is 1. The van der Waals surface area contributed by atoms with Gasteiger partial charge in [-0.05, 0) is 49.1 Å². The van der Waals surface area contributed by atoms with Gasteiger partial charge >= 0.3 is 0 Å². The lowest BCUT2D eigenvalue weighted by molar-refractivity contribution is 0.0962. The van der Waals surface area contributed by atoms with Gasteiger partial charge in [0.25, 0.3) is 5.91 Å². The van der Waals surface area contributed by atoms with E-state index < -0.39 is 0 Å².